The van der Waals surface area contributed by atoms with Crippen LogP contribution in [-0.2, 0) is 14.8 Å². The summed E-state index contributed by atoms with van der Waals surface area (Å²) in [6.07, 6.45) is 0. The molecular formula is C15H17ClN2O4S2. The van der Waals surface area contributed by atoms with Crippen LogP contribution in [0, 0.1) is 0 Å². The number of hydrogen-bond donors (Lipinski definition) is 1. The van der Waals surface area contributed by atoms with Crippen LogP contribution in [-0.4, -0.2) is 38.8 Å². The lowest BCUT2D eigenvalue weighted by atomic mass is 10.3. The highest BCUT2D eigenvalue weighted by molar-refractivity contribution is 7.91. The highest BCUT2D eigenvalue weighted by atomic mass is 35.5. The Labute approximate surface area is 150 Å². The van der Waals surface area contributed by atoms with Crippen molar-refractivity contribution in [3.63, 3.8) is 0 Å². The molecule has 0 unspecified atom stereocenters. The topological polar surface area (TPSA) is 75.7 Å². The molecule has 0 aliphatic heterocycles. The predicted molar refractivity (Wildman–Crippen MR) is 95.4 cm³/mol. The van der Waals surface area contributed by atoms with Crippen LogP contribution >= 0.6 is 22.9 Å². The van der Waals surface area contributed by atoms with Gasteiger partial charge in [-0.2, -0.15) is 4.31 Å². The fourth-order valence-electron chi connectivity index (χ4n) is 1.97. The number of rotatable bonds is 7. The Hall–Kier alpha value is -1.61. The first-order valence-electron chi connectivity index (χ1n) is 7.06. The van der Waals surface area contributed by atoms with Gasteiger partial charge in [0.1, 0.15) is 9.96 Å². The molecule has 0 bridgehead atoms. The molecule has 1 amide bonds. The van der Waals surface area contributed by atoms with Crippen molar-refractivity contribution >= 4 is 44.6 Å². The average Bonchev–Trinajstić information content (AvgIpc) is 3.00. The number of likely N-dealkylation sites (N-methyl/N-ethyl adjacent to an activating group) is 1. The third-order valence-corrected chi connectivity index (χ3v) is 6.81. The minimum absolute atomic E-state index is 0.117. The first-order chi connectivity index (χ1) is 11.4. The lowest BCUT2D eigenvalue weighted by Gasteiger charge is -2.19. The van der Waals surface area contributed by atoms with Gasteiger partial charge < -0.3 is 10.1 Å². The highest BCUT2D eigenvalue weighted by Crippen LogP contribution is 2.28. The zero-order chi connectivity index (χ0) is 17.7. The Balaban J connectivity index is 2.07. The van der Waals surface area contributed by atoms with Crippen molar-refractivity contribution in [3.8, 4) is 5.75 Å². The number of thiophene rings is 1. The number of carbonyl (C=O) groups is 1. The third kappa shape index (κ3) is 4.47. The summed E-state index contributed by atoms with van der Waals surface area (Å²) in [4.78, 5) is 12.1. The Bertz CT molecular complexity index is 803. The quantitative estimate of drug-likeness (QED) is 0.790. The molecule has 130 valence electrons. The molecule has 0 spiro atoms. The standard InChI is InChI=1S/C15H17ClN2O4S2/c1-3-18(24(20,21)15-9-8-13(16)23-15)10-14(19)17-11-4-6-12(22-2)7-5-11/h4-9H,3,10H2,1-2H3,(H,17,19). The molecule has 2 aromatic rings. The summed E-state index contributed by atoms with van der Waals surface area (Å²) >= 11 is 6.76. The Morgan fingerprint density at radius 3 is 2.42 bits per heavy atom. The molecular weight excluding hydrogens is 372 g/mol. The Kier molecular flexibility index (Phi) is 6.22. The van der Waals surface area contributed by atoms with Gasteiger partial charge in [0.2, 0.25) is 5.91 Å². The largest absolute Gasteiger partial charge is 0.497 e. The van der Waals surface area contributed by atoms with Gasteiger partial charge >= 0.3 is 0 Å². The number of nitrogens with zero attached hydrogens (tertiary/aromatic N) is 1. The van der Waals surface area contributed by atoms with Gasteiger partial charge in [-0.15, -0.1) is 11.3 Å². The fourth-order valence-corrected chi connectivity index (χ4v) is 5.01. The van der Waals surface area contributed by atoms with Crippen molar-refractivity contribution in [3.05, 3.63) is 40.7 Å². The summed E-state index contributed by atoms with van der Waals surface area (Å²) < 4.78 is 31.7. The highest BCUT2D eigenvalue weighted by Gasteiger charge is 2.26. The number of halogens is 1. The molecule has 0 aliphatic rings. The molecule has 9 heteroatoms. The van der Waals surface area contributed by atoms with Crippen molar-refractivity contribution in [2.45, 2.75) is 11.1 Å². The van der Waals surface area contributed by atoms with Gasteiger partial charge in [-0.05, 0) is 36.4 Å². The molecule has 0 aliphatic carbocycles. The van der Waals surface area contributed by atoms with Crippen molar-refractivity contribution in [1.82, 2.24) is 4.31 Å². The third-order valence-electron chi connectivity index (χ3n) is 3.19. The number of benzene rings is 1. The van der Waals surface area contributed by atoms with Gasteiger partial charge in [0.05, 0.1) is 18.0 Å². The summed E-state index contributed by atoms with van der Waals surface area (Å²) in [7, 11) is -2.19. The maximum atomic E-state index is 12.5. The summed E-state index contributed by atoms with van der Waals surface area (Å²) in [5.74, 6) is 0.244. The molecule has 1 N–H and O–H groups in total. The lowest BCUT2D eigenvalue weighted by molar-refractivity contribution is -0.116. The maximum Gasteiger partial charge on any atom is 0.253 e. The van der Waals surface area contributed by atoms with E-state index in [1.807, 2.05) is 0 Å². The number of nitrogens with one attached hydrogen (secondary N) is 1. The van der Waals surface area contributed by atoms with Crippen LogP contribution in [0.4, 0.5) is 5.69 Å². The minimum atomic E-state index is -3.74. The molecule has 24 heavy (non-hydrogen) atoms. The van der Waals surface area contributed by atoms with E-state index in [9.17, 15) is 13.2 Å². The molecule has 6 nitrogen and oxygen atoms in total. The first-order valence-corrected chi connectivity index (χ1v) is 9.69. The van der Waals surface area contributed by atoms with Gasteiger partial charge in [0, 0.05) is 12.2 Å². The van der Waals surface area contributed by atoms with Crippen LogP contribution in [0.5, 0.6) is 5.75 Å². The van der Waals surface area contributed by atoms with Crippen molar-refractivity contribution in [1.29, 1.82) is 0 Å². The normalized spacial score (nSPS) is 11.5. The fraction of sp³-hybridized carbons (Fsp3) is 0.267. The van der Waals surface area contributed by atoms with E-state index < -0.39 is 15.9 Å². The number of carbonyl (C=O) groups excluding carboxylic acids is 1. The van der Waals surface area contributed by atoms with E-state index in [4.69, 9.17) is 16.3 Å². The van der Waals surface area contributed by atoms with E-state index in [2.05, 4.69) is 5.32 Å². The second-order valence-corrected chi connectivity index (χ2v) is 8.65. The van der Waals surface area contributed by atoms with Crippen molar-refractivity contribution < 1.29 is 17.9 Å². The van der Waals surface area contributed by atoms with E-state index in [1.54, 1.807) is 38.3 Å². The van der Waals surface area contributed by atoms with Crippen LogP contribution in [0.2, 0.25) is 4.34 Å². The second kappa shape index (κ2) is 7.98. The number of ether oxygens (including phenoxy) is 1. The molecule has 1 aromatic carbocycles. The average molecular weight is 389 g/mol. The van der Waals surface area contributed by atoms with Gasteiger partial charge in [0.25, 0.3) is 10.0 Å². The first kappa shape index (κ1) is 18.7. The van der Waals surface area contributed by atoms with Crippen LogP contribution in [0.25, 0.3) is 0 Å². The van der Waals surface area contributed by atoms with E-state index in [-0.39, 0.29) is 17.3 Å². The second-order valence-electron chi connectivity index (χ2n) is 4.77. The zero-order valence-electron chi connectivity index (χ0n) is 13.2. The van der Waals surface area contributed by atoms with E-state index in [0.717, 1.165) is 15.6 Å². The summed E-state index contributed by atoms with van der Waals surface area (Å²) in [6, 6.07) is 9.73. The van der Waals surface area contributed by atoms with Crippen LogP contribution in [0.15, 0.2) is 40.6 Å². The molecule has 1 heterocycles. The zero-order valence-corrected chi connectivity index (χ0v) is 15.5. The predicted octanol–water partition coefficient (Wildman–Crippen LogP) is 3.06. The van der Waals surface area contributed by atoms with Crippen molar-refractivity contribution in [2.24, 2.45) is 0 Å². The maximum absolute atomic E-state index is 12.5. The molecule has 0 saturated heterocycles. The van der Waals surface area contributed by atoms with Crippen LogP contribution in [0.3, 0.4) is 0 Å². The van der Waals surface area contributed by atoms with Gasteiger partial charge in [-0.1, -0.05) is 18.5 Å². The molecule has 0 atom stereocenters. The molecule has 0 radical (unpaired) electrons. The minimum Gasteiger partial charge on any atom is -0.497 e. The SMILES string of the molecule is CCN(CC(=O)Nc1ccc(OC)cc1)S(=O)(=O)c1ccc(Cl)s1. The van der Waals surface area contributed by atoms with Gasteiger partial charge in [0.15, 0.2) is 0 Å². The van der Waals surface area contributed by atoms with Gasteiger partial charge in [-0.3, -0.25) is 4.79 Å². The molecule has 2 rings (SSSR count). The Morgan fingerprint density at radius 2 is 1.92 bits per heavy atom. The summed E-state index contributed by atoms with van der Waals surface area (Å²) in [5.41, 5.74) is 0.563. The monoisotopic (exact) mass is 388 g/mol. The van der Waals surface area contributed by atoms with E-state index in [0.29, 0.717) is 15.8 Å². The number of anilines is 1. The Morgan fingerprint density at radius 1 is 1.25 bits per heavy atom. The number of methoxy groups -OCH3 is 1. The van der Waals surface area contributed by atoms with Gasteiger partial charge in [-0.25, -0.2) is 8.42 Å². The number of sulfonamides is 1. The van der Waals surface area contributed by atoms with E-state index in [1.165, 1.54) is 12.1 Å². The lowest BCUT2D eigenvalue weighted by Crippen LogP contribution is -2.37. The molecule has 0 saturated carbocycles. The number of amides is 1. The van der Waals surface area contributed by atoms with Crippen LogP contribution < -0.4 is 10.1 Å². The summed E-state index contributed by atoms with van der Waals surface area (Å²) in [5, 5.41) is 2.66. The van der Waals surface area contributed by atoms with Crippen molar-refractivity contribution in [2.75, 3.05) is 25.5 Å². The number of hydrogen-bond acceptors (Lipinski definition) is 5. The molecule has 1 aromatic heterocycles. The smallest absolute Gasteiger partial charge is 0.253 e. The van der Waals surface area contributed by atoms with Crippen LogP contribution in [0.1, 0.15) is 6.92 Å². The van der Waals surface area contributed by atoms with E-state index >= 15 is 0 Å². The molecule has 0 fully saturated rings. The summed E-state index contributed by atoms with van der Waals surface area (Å²) in [6.45, 7) is 1.57.